The predicted octanol–water partition coefficient (Wildman–Crippen LogP) is 1.64. The third kappa shape index (κ3) is 3.73. The number of aromatic nitrogens is 2. The monoisotopic (exact) mass is 292 g/mol. The maximum atomic E-state index is 5.77. The molecule has 0 bridgehead atoms. The average Bonchev–Trinajstić information content (AvgIpc) is 2.55. The van der Waals surface area contributed by atoms with Gasteiger partial charge in [-0.15, -0.1) is 0 Å². The minimum atomic E-state index is -0.280. The normalized spacial score (nSPS) is 16.7. The van der Waals surface area contributed by atoms with E-state index in [9.17, 15) is 0 Å². The Labute approximate surface area is 131 Å². The summed E-state index contributed by atoms with van der Waals surface area (Å²) in [7, 11) is -0.280. The summed E-state index contributed by atoms with van der Waals surface area (Å²) >= 11 is 0. The molecule has 1 aromatic heterocycles. The molecule has 3 rings (SSSR count). The molecule has 4 nitrogen and oxygen atoms in total. The van der Waals surface area contributed by atoms with E-state index in [-0.39, 0.29) is 12.5 Å². The molecule has 2 aromatic rings. The summed E-state index contributed by atoms with van der Waals surface area (Å²) in [5.74, 6) is 6.13. The van der Waals surface area contributed by atoms with Crippen molar-refractivity contribution in [1.82, 2.24) is 9.97 Å². The van der Waals surface area contributed by atoms with Crippen molar-refractivity contribution in [3.8, 4) is 11.8 Å². The SMILES string of the molecule is CC1(C)COB(c2ccc(C#Cc3cncnc3)cc2)OC1. The Kier molecular flexibility index (Phi) is 4.23. The number of hydrogen-bond donors (Lipinski definition) is 0. The second kappa shape index (κ2) is 6.31. The number of benzene rings is 1. The van der Waals surface area contributed by atoms with Crippen molar-refractivity contribution < 1.29 is 9.31 Å². The van der Waals surface area contributed by atoms with E-state index in [1.54, 1.807) is 12.4 Å². The molecule has 5 heteroatoms. The fourth-order valence-electron chi connectivity index (χ4n) is 2.12. The van der Waals surface area contributed by atoms with Gasteiger partial charge in [-0.1, -0.05) is 37.8 Å². The first-order valence-electron chi connectivity index (χ1n) is 7.23. The van der Waals surface area contributed by atoms with E-state index in [0.717, 1.165) is 16.6 Å². The Bertz CT molecular complexity index is 680. The molecule has 0 saturated carbocycles. The van der Waals surface area contributed by atoms with Crippen molar-refractivity contribution in [1.29, 1.82) is 0 Å². The number of hydrogen-bond acceptors (Lipinski definition) is 4. The maximum absolute atomic E-state index is 5.77. The average molecular weight is 292 g/mol. The smallest absolute Gasteiger partial charge is 0.407 e. The van der Waals surface area contributed by atoms with Crippen LogP contribution in [0.5, 0.6) is 0 Å². The summed E-state index contributed by atoms with van der Waals surface area (Å²) in [6.45, 7) is 5.67. The molecule has 0 spiro atoms. The van der Waals surface area contributed by atoms with Gasteiger partial charge in [0.1, 0.15) is 6.33 Å². The van der Waals surface area contributed by atoms with E-state index in [2.05, 4.69) is 35.7 Å². The van der Waals surface area contributed by atoms with Crippen LogP contribution in [0.15, 0.2) is 43.0 Å². The Morgan fingerprint density at radius 3 is 2.18 bits per heavy atom. The molecular weight excluding hydrogens is 275 g/mol. The van der Waals surface area contributed by atoms with Gasteiger partial charge in [0.25, 0.3) is 0 Å². The van der Waals surface area contributed by atoms with Gasteiger partial charge in [0.05, 0.1) is 5.56 Å². The van der Waals surface area contributed by atoms with Crippen LogP contribution in [0.4, 0.5) is 0 Å². The molecule has 0 unspecified atom stereocenters. The predicted molar refractivity (Wildman–Crippen MR) is 85.5 cm³/mol. The van der Waals surface area contributed by atoms with Gasteiger partial charge in [-0.3, -0.25) is 0 Å². The lowest BCUT2D eigenvalue weighted by molar-refractivity contribution is 0.0343. The Morgan fingerprint density at radius 1 is 0.955 bits per heavy atom. The van der Waals surface area contributed by atoms with Gasteiger partial charge in [0.2, 0.25) is 0 Å². The van der Waals surface area contributed by atoms with Crippen LogP contribution in [-0.2, 0) is 9.31 Å². The van der Waals surface area contributed by atoms with Crippen LogP contribution in [0.2, 0.25) is 0 Å². The molecule has 0 aliphatic carbocycles. The second-order valence-electron chi connectivity index (χ2n) is 6.12. The van der Waals surface area contributed by atoms with Crippen molar-refractivity contribution in [2.45, 2.75) is 13.8 Å². The molecule has 1 aliphatic rings. The zero-order chi connectivity index (χ0) is 15.4. The molecule has 1 aromatic carbocycles. The molecule has 1 fully saturated rings. The Hall–Kier alpha value is -2.16. The van der Waals surface area contributed by atoms with Crippen LogP contribution < -0.4 is 5.46 Å². The van der Waals surface area contributed by atoms with Gasteiger partial charge < -0.3 is 9.31 Å². The first-order chi connectivity index (χ1) is 10.6. The van der Waals surface area contributed by atoms with E-state index in [1.807, 2.05) is 24.3 Å². The highest BCUT2D eigenvalue weighted by Crippen LogP contribution is 2.21. The van der Waals surface area contributed by atoms with E-state index in [1.165, 1.54) is 6.33 Å². The third-order valence-electron chi connectivity index (χ3n) is 3.35. The van der Waals surface area contributed by atoms with Gasteiger partial charge >= 0.3 is 7.12 Å². The highest BCUT2D eigenvalue weighted by atomic mass is 16.6. The van der Waals surface area contributed by atoms with E-state index < -0.39 is 0 Å². The zero-order valence-corrected chi connectivity index (χ0v) is 12.7. The highest BCUT2D eigenvalue weighted by Gasteiger charge is 2.33. The van der Waals surface area contributed by atoms with Gasteiger partial charge in [0.15, 0.2) is 0 Å². The minimum absolute atomic E-state index is 0.0830. The van der Waals surface area contributed by atoms with Crippen molar-refractivity contribution in [3.05, 3.63) is 54.1 Å². The summed E-state index contributed by atoms with van der Waals surface area (Å²) in [5, 5.41) is 0. The van der Waals surface area contributed by atoms with Gasteiger partial charge in [-0.25, -0.2) is 9.97 Å². The molecule has 0 N–H and O–H groups in total. The molecule has 2 heterocycles. The highest BCUT2D eigenvalue weighted by molar-refractivity contribution is 6.61. The number of rotatable bonds is 1. The quantitative estimate of drug-likeness (QED) is 0.592. The van der Waals surface area contributed by atoms with Crippen LogP contribution in [-0.4, -0.2) is 30.3 Å². The molecule has 0 atom stereocenters. The van der Waals surface area contributed by atoms with Crippen LogP contribution in [0.1, 0.15) is 25.0 Å². The lowest BCUT2D eigenvalue weighted by atomic mass is 9.76. The zero-order valence-electron chi connectivity index (χ0n) is 12.7. The standard InChI is InChI=1S/C17H17BN2O2/c1-17(2)11-21-18(22-12-17)16-7-5-14(6-8-16)3-4-15-9-19-13-20-10-15/h5-10,13H,11-12H2,1-2H3. The largest absolute Gasteiger partial charge is 0.493 e. The van der Waals surface area contributed by atoms with Gasteiger partial charge in [0, 0.05) is 36.6 Å². The van der Waals surface area contributed by atoms with Crippen LogP contribution >= 0.6 is 0 Å². The van der Waals surface area contributed by atoms with Crippen molar-refractivity contribution in [2.75, 3.05) is 13.2 Å². The van der Waals surface area contributed by atoms with E-state index >= 15 is 0 Å². The van der Waals surface area contributed by atoms with Crippen molar-refractivity contribution in [3.63, 3.8) is 0 Å². The molecule has 110 valence electrons. The van der Waals surface area contributed by atoms with Crippen LogP contribution in [0.3, 0.4) is 0 Å². The lowest BCUT2D eigenvalue weighted by Gasteiger charge is -2.33. The Balaban J connectivity index is 1.68. The minimum Gasteiger partial charge on any atom is -0.407 e. The fourth-order valence-corrected chi connectivity index (χ4v) is 2.12. The molecule has 0 radical (unpaired) electrons. The molecule has 1 saturated heterocycles. The first kappa shape index (κ1) is 14.8. The number of nitrogens with zero attached hydrogens (tertiary/aromatic N) is 2. The van der Waals surface area contributed by atoms with Gasteiger partial charge in [-0.05, 0) is 17.6 Å². The summed E-state index contributed by atoms with van der Waals surface area (Å²) in [6.07, 6.45) is 4.88. The molecule has 0 amide bonds. The summed E-state index contributed by atoms with van der Waals surface area (Å²) in [5.41, 5.74) is 2.83. The van der Waals surface area contributed by atoms with E-state index in [0.29, 0.717) is 13.2 Å². The fraction of sp³-hybridized carbons (Fsp3) is 0.294. The Morgan fingerprint density at radius 2 is 1.55 bits per heavy atom. The maximum Gasteiger partial charge on any atom is 0.493 e. The molecule has 22 heavy (non-hydrogen) atoms. The van der Waals surface area contributed by atoms with Crippen molar-refractivity contribution in [2.24, 2.45) is 5.41 Å². The third-order valence-corrected chi connectivity index (χ3v) is 3.35. The topological polar surface area (TPSA) is 44.2 Å². The van der Waals surface area contributed by atoms with Crippen LogP contribution in [0.25, 0.3) is 0 Å². The van der Waals surface area contributed by atoms with Crippen molar-refractivity contribution >= 4 is 12.6 Å². The van der Waals surface area contributed by atoms with Crippen LogP contribution in [0, 0.1) is 17.3 Å². The first-order valence-corrected chi connectivity index (χ1v) is 7.23. The summed E-state index contributed by atoms with van der Waals surface area (Å²) in [6, 6.07) is 7.93. The molecular formula is C17H17BN2O2. The van der Waals surface area contributed by atoms with Gasteiger partial charge in [-0.2, -0.15) is 0 Å². The lowest BCUT2D eigenvalue weighted by Crippen LogP contribution is -2.47. The molecule has 1 aliphatic heterocycles. The summed E-state index contributed by atoms with van der Waals surface area (Å²) in [4.78, 5) is 7.87. The second-order valence-corrected chi connectivity index (χ2v) is 6.12. The van der Waals surface area contributed by atoms with E-state index in [4.69, 9.17) is 9.31 Å². The summed E-state index contributed by atoms with van der Waals surface area (Å²) < 4.78 is 11.5.